The minimum atomic E-state index is -0.102. The van der Waals surface area contributed by atoms with E-state index in [-0.39, 0.29) is 6.03 Å². The molecule has 56 valence electrons. The fraction of sp³-hybridized carbons (Fsp3) is 0.571. The van der Waals surface area contributed by atoms with Crippen LogP contribution in [0.1, 0.15) is 6.42 Å². The quantitative estimate of drug-likeness (QED) is 0.549. The van der Waals surface area contributed by atoms with Gasteiger partial charge in [0.15, 0.2) is 0 Å². The number of rotatable bonds is 2. The second-order valence-electron chi connectivity index (χ2n) is 1.93. The van der Waals surface area contributed by atoms with Crippen molar-refractivity contribution in [3.05, 3.63) is 0 Å². The fourth-order valence-electron chi connectivity index (χ4n) is 0.525. The van der Waals surface area contributed by atoms with Crippen molar-refractivity contribution in [2.75, 3.05) is 20.6 Å². The maximum absolute atomic E-state index is 10.8. The lowest BCUT2D eigenvalue weighted by Gasteiger charge is -2.13. The van der Waals surface area contributed by atoms with Gasteiger partial charge < -0.3 is 10.2 Å². The first-order chi connectivity index (χ1) is 4.72. The first-order valence-corrected chi connectivity index (χ1v) is 3.08. The molecule has 0 aliphatic heterocycles. The Morgan fingerprint density at radius 2 is 2.40 bits per heavy atom. The van der Waals surface area contributed by atoms with Crippen LogP contribution in [0.4, 0.5) is 4.79 Å². The van der Waals surface area contributed by atoms with E-state index in [4.69, 9.17) is 6.42 Å². The minimum absolute atomic E-state index is 0.102. The van der Waals surface area contributed by atoms with Crippen LogP contribution < -0.4 is 5.32 Å². The molecule has 0 saturated carbocycles. The highest BCUT2D eigenvalue weighted by atomic mass is 16.2. The highest BCUT2D eigenvalue weighted by Crippen LogP contribution is 1.85. The molecule has 3 heteroatoms. The van der Waals surface area contributed by atoms with Gasteiger partial charge in [-0.15, -0.1) is 12.3 Å². The molecule has 0 saturated heterocycles. The molecule has 2 amide bonds. The molecule has 0 heterocycles. The van der Waals surface area contributed by atoms with Gasteiger partial charge in [0.1, 0.15) is 0 Å². The Balaban J connectivity index is 3.53. The zero-order valence-corrected chi connectivity index (χ0v) is 6.35. The van der Waals surface area contributed by atoms with Crippen LogP contribution in [0.25, 0.3) is 0 Å². The zero-order chi connectivity index (χ0) is 7.98. The molecule has 0 fully saturated rings. The third kappa shape index (κ3) is 2.98. The van der Waals surface area contributed by atoms with Crippen molar-refractivity contribution in [2.24, 2.45) is 0 Å². The number of terminal acetylenes is 1. The van der Waals surface area contributed by atoms with Crippen LogP contribution in [-0.4, -0.2) is 31.6 Å². The van der Waals surface area contributed by atoms with E-state index in [1.54, 1.807) is 19.0 Å². The van der Waals surface area contributed by atoms with Crippen LogP contribution in [0.15, 0.2) is 0 Å². The van der Waals surface area contributed by atoms with Gasteiger partial charge in [0.2, 0.25) is 0 Å². The van der Waals surface area contributed by atoms with Crippen molar-refractivity contribution >= 4 is 6.03 Å². The van der Waals surface area contributed by atoms with Crippen LogP contribution >= 0.6 is 0 Å². The fourth-order valence-corrected chi connectivity index (χ4v) is 0.525. The summed E-state index contributed by atoms with van der Waals surface area (Å²) in [5.74, 6) is 2.46. The molecule has 0 spiro atoms. The summed E-state index contributed by atoms with van der Waals surface area (Å²) in [5.41, 5.74) is 0. The average Bonchev–Trinajstić information content (AvgIpc) is 1.98. The van der Waals surface area contributed by atoms with E-state index in [1.165, 1.54) is 0 Å². The Bertz CT molecular complexity index is 148. The SMILES string of the molecule is C#CCCN(C)C(=O)NC. The monoisotopic (exact) mass is 140 g/mol. The van der Waals surface area contributed by atoms with Crippen molar-refractivity contribution in [2.45, 2.75) is 6.42 Å². The van der Waals surface area contributed by atoms with E-state index >= 15 is 0 Å². The highest BCUT2D eigenvalue weighted by Gasteiger charge is 2.02. The Kier molecular flexibility index (Phi) is 4.14. The summed E-state index contributed by atoms with van der Waals surface area (Å²) < 4.78 is 0. The summed E-state index contributed by atoms with van der Waals surface area (Å²) in [6.45, 7) is 0.607. The molecule has 3 nitrogen and oxygen atoms in total. The number of carbonyl (C=O) groups excluding carboxylic acids is 1. The number of amides is 2. The molecule has 0 rings (SSSR count). The van der Waals surface area contributed by atoms with E-state index in [0.29, 0.717) is 13.0 Å². The van der Waals surface area contributed by atoms with Crippen LogP contribution in [-0.2, 0) is 0 Å². The standard InChI is InChI=1S/C7H12N2O/c1-4-5-6-9(3)7(10)8-2/h1H,5-6H2,2-3H3,(H,8,10). The van der Waals surface area contributed by atoms with Gasteiger partial charge in [0.05, 0.1) is 0 Å². The molecule has 0 aromatic carbocycles. The molecule has 0 aromatic heterocycles. The van der Waals surface area contributed by atoms with Crippen molar-refractivity contribution in [1.29, 1.82) is 0 Å². The highest BCUT2D eigenvalue weighted by molar-refractivity contribution is 5.73. The Morgan fingerprint density at radius 3 is 2.80 bits per heavy atom. The Morgan fingerprint density at radius 1 is 1.80 bits per heavy atom. The maximum Gasteiger partial charge on any atom is 0.316 e. The van der Waals surface area contributed by atoms with Crippen molar-refractivity contribution in [1.82, 2.24) is 10.2 Å². The van der Waals surface area contributed by atoms with Crippen LogP contribution in [0.5, 0.6) is 0 Å². The third-order valence-electron chi connectivity index (χ3n) is 1.15. The van der Waals surface area contributed by atoms with Crippen LogP contribution in [0.3, 0.4) is 0 Å². The summed E-state index contributed by atoms with van der Waals surface area (Å²) in [6.07, 6.45) is 5.61. The molecular formula is C7H12N2O. The first kappa shape index (κ1) is 8.83. The number of carbonyl (C=O) groups is 1. The van der Waals surface area contributed by atoms with Crippen molar-refractivity contribution < 1.29 is 4.79 Å². The molecule has 0 atom stereocenters. The number of nitrogens with zero attached hydrogens (tertiary/aromatic N) is 1. The predicted octanol–water partition coefficient (Wildman–Crippen LogP) is 0.281. The van der Waals surface area contributed by atoms with Crippen LogP contribution in [0.2, 0.25) is 0 Å². The Hall–Kier alpha value is -1.17. The summed E-state index contributed by atoms with van der Waals surface area (Å²) in [4.78, 5) is 12.3. The lowest BCUT2D eigenvalue weighted by Crippen LogP contribution is -2.35. The second kappa shape index (κ2) is 4.68. The lowest BCUT2D eigenvalue weighted by atomic mass is 10.4. The summed E-state index contributed by atoms with van der Waals surface area (Å²) in [5, 5.41) is 2.49. The molecule has 0 unspecified atom stereocenters. The lowest BCUT2D eigenvalue weighted by molar-refractivity contribution is 0.212. The third-order valence-corrected chi connectivity index (χ3v) is 1.15. The maximum atomic E-state index is 10.8. The zero-order valence-electron chi connectivity index (χ0n) is 6.35. The van der Waals surface area contributed by atoms with Gasteiger partial charge >= 0.3 is 6.03 Å². The number of nitrogens with one attached hydrogen (secondary N) is 1. The summed E-state index contributed by atoms with van der Waals surface area (Å²) in [7, 11) is 3.30. The van der Waals surface area contributed by atoms with E-state index in [0.717, 1.165) is 0 Å². The van der Waals surface area contributed by atoms with Crippen LogP contribution in [0, 0.1) is 12.3 Å². The van der Waals surface area contributed by atoms with Crippen molar-refractivity contribution in [3.63, 3.8) is 0 Å². The molecule has 0 radical (unpaired) electrons. The van der Waals surface area contributed by atoms with Gasteiger partial charge in [0.25, 0.3) is 0 Å². The van der Waals surface area contributed by atoms with E-state index < -0.39 is 0 Å². The molecule has 0 aromatic rings. The summed E-state index contributed by atoms with van der Waals surface area (Å²) in [6, 6.07) is -0.102. The average molecular weight is 140 g/mol. The summed E-state index contributed by atoms with van der Waals surface area (Å²) >= 11 is 0. The molecule has 0 aliphatic rings. The number of hydrogen-bond donors (Lipinski definition) is 1. The molecule has 0 aliphatic carbocycles. The number of hydrogen-bond acceptors (Lipinski definition) is 1. The topological polar surface area (TPSA) is 32.3 Å². The predicted molar refractivity (Wildman–Crippen MR) is 40.5 cm³/mol. The largest absolute Gasteiger partial charge is 0.341 e. The molecule has 1 N–H and O–H groups in total. The first-order valence-electron chi connectivity index (χ1n) is 3.08. The Labute approximate surface area is 61.4 Å². The second-order valence-corrected chi connectivity index (χ2v) is 1.93. The smallest absolute Gasteiger partial charge is 0.316 e. The molecule has 0 bridgehead atoms. The van der Waals surface area contributed by atoms with Gasteiger partial charge in [-0.2, -0.15) is 0 Å². The van der Waals surface area contributed by atoms with E-state index in [1.807, 2.05) is 0 Å². The van der Waals surface area contributed by atoms with E-state index in [2.05, 4.69) is 11.2 Å². The van der Waals surface area contributed by atoms with Gasteiger partial charge in [-0.05, 0) is 0 Å². The van der Waals surface area contributed by atoms with Gasteiger partial charge in [-0.1, -0.05) is 0 Å². The van der Waals surface area contributed by atoms with Crippen molar-refractivity contribution in [3.8, 4) is 12.3 Å². The van der Waals surface area contributed by atoms with Gasteiger partial charge in [-0.25, -0.2) is 4.79 Å². The normalized spacial score (nSPS) is 8.10. The minimum Gasteiger partial charge on any atom is -0.341 e. The number of urea groups is 1. The van der Waals surface area contributed by atoms with Gasteiger partial charge in [-0.3, -0.25) is 0 Å². The molecular weight excluding hydrogens is 128 g/mol. The molecule has 10 heavy (non-hydrogen) atoms. The van der Waals surface area contributed by atoms with Gasteiger partial charge in [0, 0.05) is 27.1 Å². The van der Waals surface area contributed by atoms with E-state index in [9.17, 15) is 4.79 Å².